The number of carbonyl (C=O) groups excluding carboxylic acids is 1. The monoisotopic (exact) mass is 171 g/mol. The lowest BCUT2D eigenvalue weighted by Crippen LogP contribution is -2.19. The maximum atomic E-state index is 11.2. The van der Waals surface area contributed by atoms with Crippen molar-refractivity contribution in [2.24, 2.45) is 11.7 Å². The van der Waals surface area contributed by atoms with Crippen molar-refractivity contribution >= 4 is 5.78 Å². The Morgan fingerprint density at radius 1 is 1.42 bits per heavy atom. The smallest absolute Gasteiger partial charge is 0.134 e. The number of rotatable bonds is 4. The molecular weight excluding hydrogens is 154 g/mol. The van der Waals surface area contributed by atoms with E-state index in [1.165, 1.54) is 0 Å². The molecule has 1 aliphatic rings. The van der Waals surface area contributed by atoms with E-state index in [9.17, 15) is 4.79 Å². The number of nitrogens with two attached hydrogens (primary N) is 1. The highest BCUT2D eigenvalue weighted by molar-refractivity contribution is 5.78. The quantitative estimate of drug-likeness (QED) is 0.678. The van der Waals surface area contributed by atoms with Gasteiger partial charge >= 0.3 is 0 Å². The van der Waals surface area contributed by atoms with Crippen LogP contribution in [0.4, 0.5) is 0 Å². The standard InChI is InChI=1S/C9H17NO2/c10-4-1-9(11)7-8-2-5-12-6-3-8/h8H,1-7,10H2. The number of ketones is 1. The van der Waals surface area contributed by atoms with Gasteiger partial charge in [-0.15, -0.1) is 0 Å². The number of hydrogen-bond acceptors (Lipinski definition) is 3. The summed E-state index contributed by atoms with van der Waals surface area (Å²) in [5, 5.41) is 0. The molecule has 1 heterocycles. The van der Waals surface area contributed by atoms with Crippen LogP contribution in [0.3, 0.4) is 0 Å². The topological polar surface area (TPSA) is 52.3 Å². The van der Waals surface area contributed by atoms with Gasteiger partial charge < -0.3 is 10.5 Å². The molecule has 0 saturated carbocycles. The first kappa shape index (κ1) is 9.68. The molecule has 3 heteroatoms. The van der Waals surface area contributed by atoms with Crippen molar-refractivity contribution in [2.75, 3.05) is 19.8 Å². The number of ether oxygens (including phenoxy) is 1. The molecule has 0 radical (unpaired) electrons. The summed E-state index contributed by atoms with van der Waals surface area (Å²) in [6.07, 6.45) is 3.32. The van der Waals surface area contributed by atoms with Crippen molar-refractivity contribution in [2.45, 2.75) is 25.7 Å². The average Bonchev–Trinajstić information content (AvgIpc) is 2.06. The van der Waals surface area contributed by atoms with E-state index in [2.05, 4.69) is 0 Å². The summed E-state index contributed by atoms with van der Waals surface area (Å²) in [5.41, 5.74) is 5.29. The molecule has 0 aromatic carbocycles. The predicted octanol–water partition coefficient (Wildman–Crippen LogP) is 0.721. The van der Waals surface area contributed by atoms with Crippen molar-refractivity contribution in [1.82, 2.24) is 0 Å². The first-order valence-electron chi connectivity index (χ1n) is 4.62. The molecule has 0 aliphatic carbocycles. The minimum Gasteiger partial charge on any atom is -0.381 e. The SMILES string of the molecule is NCCC(=O)CC1CCOCC1. The van der Waals surface area contributed by atoms with Gasteiger partial charge in [0.15, 0.2) is 0 Å². The van der Waals surface area contributed by atoms with Gasteiger partial charge in [0, 0.05) is 26.1 Å². The molecule has 2 N–H and O–H groups in total. The second-order valence-electron chi connectivity index (χ2n) is 3.34. The van der Waals surface area contributed by atoms with Gasteiger partial charge in [-0.25, -0.2) is 0 Å². The van der Waals surface area contributed by atoms with Gasteiger partial charge in [-0.2, -0.15) is 0 Å². The van der Waals surface area contributed by atoms with Crippen LogP contribution < -0.4 is 5.73 Å². The van der Waals surface area contributed by atoms with Crippen molar-refractivity contribution in [3.05, 3.63) is 0 Å². The summed E-state index contributed by atoms with van der Waals surface area (Å²) >= 11 is 0. The number of Topliss-reactive ketones (excluding diaryl/α,β-unsaturated/α-hetero) is 1. The molecule has 0 unspecified atom stereocenters. The van der Waals surface area contributed by atoms with Crippen molar-refractivity contribution < 1.29 is 9.53 Å². The fourth-order valence-electron chi connectivity index (χ4n) is 1.54. The highest BCUT2D eigenvalue weighted by Crippen LogP contribution is 2.18. The average molecular weight is 171 g/mol. The molecule has 1 saturated heterocycles. The van der Waals surface area contributed by atoms with Crippen LogP contribution in [0.25, 0.3) is 0 Å². The molecule has 0 bridgehead atoms. The summed E-state index contributed by atoms with van der Waals surface area (Å²) in [6, 6.07) is 0. The molecule has 1 aliphatic heterocycles. The van der Waals surface area contributed by atoms with E-state index in [4.69, 9.17) is 10.5 Å². The van der Waals surface area contributed by atoms with Gasteiger partial charge in [0.25, 0.3) is 0 Å². The summed E-state index contributed by atoms with van der Waals surface area (Å²) < 4.78 is 5.21. The van der Waals surface area contributed by atoms with E-state index in [0.717, 1.165) is 26.1 Å². The Balaban J connectivity index is 2.15. The Morgan fingerprint density at radius 2 is 2.08 bits per heavy atom. The Bertz CT molecular complexity index is 141. The minimum atomic E-state index is 0.310. The van der Waals surface area contributed by atoms with Gasteiger partial charge in [0.1, 0.15) is 5.78 Å². The van der Waals surface area contributed by atoms with Crippen molar-refractivity contribution in [1.29, 1.82) is 0 Å². The largest absolute Gasteiger partial charge is 0.381 e. The first-order chi connectivity index (χ1) is 5.83. The highest BCUT2D eigenvalue weighted by Gasteiger charge is 2.16. The van der Waals surface area contributed by atoms with Crippen LogP contribution >= 0.6 is 0 Å². The zero-order valence-corrected chi connectivity index (χ0v) is 7.42. The number of hydrogen-bond donors (Lipinski definition) is 1. The highest BCUT2D eigenvalue weighted by atomic mass is 16.5. The zero-order chi connectivity index (χ0) is 8.81. The molecular formula is C9H17NO2. The Labute approximate surface area is 73.3 Å². The minimum absolute atomic E-state index is 0.310. The molecule has 70 valence electrons. The van der Waals surface area contributed by atoms with Gasteiger partial charge in [0.2, 0.25) is 0 Å². The second kappa shape index (κ2) is 5.27. The van der Waals surface area contributed by atoms with E-state index < -0.39 is 0 Å². The third-order valence-corrected chi connectivity index (χ3v) is 2.28. The van der Waals surface area contributed by atoms with E-state index in [0.29, 0.717) is 31.1 Å². The maximum Gasteiger partial charge on any atom is 0.134 e. The predicted molar refractivity (Wildman–Crippen MR) is 46.8 cm³/mol. The van der Waals surface area contributed by atoms with Crippen LogP contribution in [0, 0.1) is 5.92 Å². The normalized spacial score (nSPS) is 19.4. The van der Waals surface area contributed by atoms with Crippen molar-refractivity contribution in [3.8, 4) is 0 Å². The Kier molecular flexibility index (Phi) is 4.25. The van der Waals surface area contributed by atoms with Gasteiger partial charge in [-0.05, 0) is 25.3 Å². The van der Waals surface area contributed by atoms with Crippen LogP contribution in [0.15, 0.2) is 0 Å². The Morgan fingerprint density at radius 3 is 2.67 bits per heavy atom. The van der Waals surface area contributed by atoms with Crippen LogP contribution in [0.5, 0.6) is 0 Å². The van der Waals surface area contributed by atoms with Crippen LogP contribution in [-0.2, 0) is 9.53 Å². The molecule has 12 heavy (non-hydrogen) atoms. The molecule has 0 spiro atoms. The molecule has 0 aromatic rings. The molecule has 1 rings (SSSR count). The lowest BCUT2D eigenvalue weighted by atomic mass is 9.93. The lowest BCUT2D eigenvalue weighted by molar-refractivity contribution is -0.120. The lowest BCUT2D eigenvalue weighted by Gasteiger charge is -2.20. The van der Waals surface area contributed by atoms with E-state index >= 15 is 0 Å². The molecule has 0 aromatic heterocycles. The first-order valence-corrected chi connectivity index (χ1v) is 4.62. The Hall–Kier alpha value is -0.410. The molecule has 3 nitrogen and oxygen atoms in total. The van der Waals surface area contributed by atoms with E-state index in [1.54, 1.807) is 0 Å². The summed E-state index contributed by atoms with van der Waals surface area (Å²) in [4.78, 5) is 11.2. The second-order valence-corrected chi connectivity index (χ2v) is 3.34. The van der Waals surface area contributed by atoms with Crippen LogP contribution in [0.2, 0.25) is 0 Å². The molecule has 0 amide bonds. The summed E-state index contributed by atoms with van der Waals surface area (Å²) in [6.45, 7) is 2.13. The van der Waals surface area contributed by atoms with Gasteiger partial charge in [0.05, 0.1) is 0 Å². The summed E-state index contributed by atoms with van der Waals surface area (Å²) in [7, 11) is 0. The van der Waals surface area contributed by atoms with Crippen LogP contribution in [-0.4, -0.2) is 25.5 Å². The zero-order valence-electron chi connectivity index (χ0n) is 7.42. The fourth-order valence-corrected chi connectivity index (χ4v) is 1.54. The third-order valence-electron chi connectivity index (χ3n) is 2.28. The van der Waals surface area contributed by atoms with E-state index in [-0.39, 0.29) is 0 Å². The van der Waals surface area contributed by atoms with Gasteiger partial charge in [-0.1, -0.05) is 0 Å². The molecule has 0 atom stereocenters. The number of carbonyl (C=O) groups is 1. The third kappa shape index (κ3) is 3.32. The van der Waals surface area contributed by atoms with Crippen LogP contribution in [0.1, 0.15) is 25.7 Å². The van der Waals surface area contributed by atoms with E-state index in [1.807, 2.05) is 0 Å². The fraction of sp³-hybridized carbons (Fsp3) is 0.889. The maximum absolute atomic E-state index is 11.2. The van der Waals surface area contributed by atoms with Crippen molar-refractivity contribution in [3.63, 3.8) is 0 Å². The van der Waals surface area contributed by atoms with Gasteiger partial charge in [-0.3, -0.25) is 4.79 Å². The molecule has 1 fully saturated rings. The summed E-state index contributed by atoms with van der Waals surface area (Å²) in [5.74, 6) is 0.863.